The van der Waals surface area contributed by atoms with Crippen LogP contribution in [0, 0.1) is 0 Å². The molecular formula is C13H22N2O. The molecule has 1 aromatic carbocycles. The second kappa shape index (κ2) is 6.38. The molecule has 0 aliphatic heterocycles. The zero-order valence-electron chi connectivity index (χ0n) is 10.2. The summed E-state index contributed by atoms with van der Waals surface area (Å²) in [6.07, 6.45) is 1.76. The molecule has 0 radical (unpaired) electrons. The van der Waals surface area contributed by atoms with Gasteiger partial charge in [-0.1, -0.05) is 6.92 Å². The van der Waals surface area contributed by atoms with E-state index in [1.807, 2.05) is 6.07 Å². The highest BCUT2D eigenvalue weighted by atomic mass is 16.3. The van der Waals surface area contributed by atoms with E-state index in [0.29, 0.717) is 0 Å². The quantitative estimate of drug-likeness (QED) is 0.724. The lowest BCUT2D eigenvalue weighted by molar-refractivity contribution is 0.289. The second-order valence-electron chi connectivity index (χ2n) is 3.89. The summed E-state index contributed by atoms with van der Waals surface area (Å²) in [4.78, 5) is 2.26. The fraction of sp³-hybridized carbons (Fsp3) is 0.538. The van der Waals surface area contributed by atoms with Crippen LogP contribution < -0.4 is 10.6 Å². The summed E-state index contributed by atoms with van der Waals surface area (Å²) in [5.74, 6) is 0. The van der Waals surface area contributed by atoms with Gasteiger partial charge in [-0.25, -0.2) is 0 Å². The fourth-order valence-electron chi connectivity index (χ4n) is 1.83. The molecule has 3 N–H and O–H groups in total. The van der Waals surface area contributed by atoms with Crippen LogP contribution in [0.1, 0.15) is 25.8 Å². The number of hydrogen-bond acceptors (Lipinski definition) is 3. The molecule has 1 rings (SSSR count). The van der Waals surface area contributed by atoms with Crippen LogP contribution in [0.4, 0.5) is 11.4 Å². The molecule has 0 spiro atoms. The molecule has 16 heavy (non-hydrogen) atoms. The van der Waals surface area contributed by atoms with Crippen LogP contribution in [0.2, 0.25) is 0 Å². The molecule has 3 nitrogen and oxygen atoms in total. The van der Waals surface area contributed by atoms with Crippen LogP contribution in [-0.2, 0) is 6.42 Å². The Bertz CT molecular complexity index is 326. The van der Waals surface area contributed by atoms with E-state index in [1.165, 1.54) is 11.3 Å². The molecule has 0 aliphatic rings. The molecule has 0 aliphatic carbocycles. The number of nitrogen functional groups attached to an aromatic ring is 1. The summed E-state index contributed by atoms with van der Waals surface area (Å²) < 4.78 is 0. The van der Waals surface area contributed by atoms with Gasteiger partial charge in [-0.05, 0) is 43.5 Å². The third-order valence-electron chi connectivity index (χ3n) is 2.84. The van der Waals surface area contributed by atoms with Gasteiger partial charge in [-0.2, -0.15) is 0 Å². The van der Waals surface area contributed by atoms with Gasteiger partial charge in [0.1, 0.15) is 0 Å². The Morgan fingerprint density at radius 2 is 2.06 bits per heavy atom. The number of aryl methyl sites for hydroxylation is 1. The first-order valence-corrected chi connectivity index (χ1v) is 5.97. The SMILES string of the molecule is CCc1cc(N(CC)CCCO)ccc1N. The Hall–Kier alpha value is -1.22. The molecule has 0 saturated carbocycles. The summed E-state index contributed by atoms with van der Waals surface area (Å²) in [6.45, 7) is 6.32. The lowest BCUT2D eigenvalue weighted by Gasteiger charge is -2.23. The molecule has 0 bridgehead atoms. The van der Waals surface area contributed by atoms with Gasteiger partial charge in [0.05, 0.1) is 0 Å². The topological polar surface area (TPSA) is 49.5 Å². The van der Waals surface area contributed by atoms with Gasteiger partial charge < -0.3 is 15.7 Å². The van der Waals surface area contributed by atoms with Crippen LogP contribution in [0.15, 0.2) is 18.2 Å². The van der Waals surface area contributed by atoms with Crippen LogP contribution in [0.5, 0.6) is 0 Å². The Morgan fingerprint density at radius 3 is 2.62 bits per heavy atom. The minimum Gasteiger partial charge on any atom is -0.399 e. The molecule has 1 aromatic rings. The highest BCUT2D eigenvalue weighted by Gasteiger charge is 2.05. The summed E-state index contributed by atoms with van der Waals surface area (Å²) in [6, 6.07) is 6.17. The average Bonchev–Trinajstić information content (AvgIpc) is 2.32. The van der Waals surface area contributed by atoms with E-state index in [4.69, 9.17) is 10.8 Å². The first-order valence-electron chi connectivity index (χ1n) is 5.97. The molecule has 0 amide bonds. The zero-order valence-corrected chi connectivity index (χ0v) is 10.2. The second-order valence-corrected chi connectivity index (χ2v) is 3.89. The summed E-state index contributed by atoms with van der Waals surface area (Å²) in [5.41, 5.74) is 9.14. The van der Waals surface area contributed by atoms with Gasteiger partial charge in [-0.15, -0.1) is 0 Å². The summed E-state index contributed by atoms with van der Waals surface area (Å²) in [5, 5.41) is 8.86. The number of aliphatic hydroxyl groups excluding tert-OH is 1. The van der Waals surface area contributed by atoms with Gasteiger partial charge >= 0.3 is 0 Å². The predicted octanol–water partition coefficient (Wildman–Crippen LogP) is 2.04. The van der Waals surface area contributed by atoms with Crippen molar-refractivity contribution >= 4 is 11.4 Å². The number of anilines is 2. The highest BCUT2D eigenvalue weighted by molar-refractivity contribution is 5.58. The molecule has 0 atom stereocenters. The molecule has 0 fully saturated rings. The number of nitrogens with two attached hydrogens (primary N) is 1. The Kier molecular flexibility index (Phi) is 5.12. The van der Waals surface area contributed by atoms with Crippen LogP contribution in [-0.4, -0.2) is 24.8 Å². The summed E-state index contributed by atoms with van der Waals surface area (Å²) >= 11 is 0. The molecule has 0 saturated heterocycles. The Labute approximate surface area is 97.9 Å². The molecule has 90 valence electrons. The fourth-order valence-corrected chi connectivity index (χ4v) is 1.83. The van der Waals surface area contributed by atoms with Crippen molar-refractivity contribution in [3.8, 4) is 0 Å². The van der Waals surface area contributed by atoms with Crippen molar-refractivity contribution < 1.29 is 5.11 Å². The number of rotatable bonds is 6. The number of aliphatic hydroxyl groups is 1. The molecule has 0 unspecified atom stereocenters. The van der Waals surface area contributed by atoms with Crippen LogP contribution in [0.25, 0.3) is 0 Å². The van der Waals surface area contributed by atoms with Crippen molar-refractivity contribution in [3.05, 3.63) is 23.8 Å². The molecule has 0 aromatic heterocycles. The van der Waals surface area contributed by atoms with Gasteiger partial charge in [0.2, 0.25) is 0 Å². The highest BCUT2D eigenvalue weighted by Crippen LogP contribution is 2.21. The molecule has 0 heterocycles. The van der Waals surface area contributed by atoms with E-state index in [0.717, 1.165) is 31.6 Å². The largest absolute Gasteiger partial charge is 0.399 e. The maximum atomic E-state index is 8.86. The number of benzene rings is 1. The minimum absolute atomic E-state index is 0.242. The number of hydrogen-bond donors (Lipinski definition) is 2. The standard InChI is InChI=1S/C13H22N2O/c1-3-11-10-12(6-7-13(11)14)15(4-2)8-5-9-16/h6-7,10,16H,3-5,8-9,14H2,1-2H3. The maximum absolute atomic E-state index is 8.86. The van der Waals surface area contributed by atoms with Crippen molar-refractivity contribution in [2.45, 2.75) is 26.7 Å². The van der Waals surface area contributed by atoms with E-state index in [9.17, 15) is 0 Å². The predicted molar refractivity (Wildman–Crippen MR) is 69.8 cm³/mol. The lowest BCUT2D eigenvalue weighted by atomic mass is 10.1. The van der Waals surface area contributed by atoms with Crippen molar-refractivity contribution in [1.29, 1.82) is 0 Å². The molecular weight excluding hydrogens is 200 g/mol. The van der Waals surface area contributed by atoms with Crippen molar-refractivity contribution in [2.24, 2.45) is 0 Å². The van der Waals surface area contributed by atoms with Gasteiger partial charge in [-0.3, -0.25) is 0 Å². The van der Waals surface area contributed by atoms with Crippen molar-refractivity contribution in [2.75, 3.05) is 30.3 Å². The van der Waals surface area contributed by atoms with E-state index in [1.54, 1.807) is 0 Å². The molecule has 3 heteroatoms. The zero-order chi connectivity index (χ0) is 12.0. The van der Waals surface area contributed by atoms with Crippen LogP contribution in [0.3, 0.4) is 0 Å². The van der Waals surface area contributed by atoms with E-state index in [2.05, 4.69) is 30.9 Å². The van der Waals surface area contributed by atoms with Gasteiger partial charge in [0.25, 0.3) is 0 Å². The van der Waals surface area contributed by atoms with Gasteiger partial charge in [0, 0.05) is 31.1 Å². The third kappa shape index (κ3) is 3.14. The monoisotopic (exact) mass is 222 g/mol. The first kappa shape index (κ1) is 12.8. The summed E-state index contributed by atoms with van der Waals surface area (Å²) in [7, 11) is 0. The Balaban J connectivity index is 2.83. The van der Waals surface area contributed by atoms with Crippen molar-refractivity contribution in [3.63, 3.8) is 0 Å². The first-order chi connectivity index (χ1) is 7.72. The van der Waals surface area contributed by atoms with E-state index >= 15 is 0 Å². The average molecular weight is 222 g/mol. The Morgan fingerprint density at radius 1 is 1.31 bits per heavy atom. The smallest absolute Gasteiger partial charge is 0.0447 e. The minimum atomic E-state index is 0.242. The van der Waals surface area contributed by atoms with Crippen molar-refractivity contribution in [1.82, 2.24) is 0 Å². The normalized spacial score (nSPS) is 10.4. The van der Waals surface area contributed by atoms with Gasteiger partial charge in [0.15, 0.2) is 0 Å². The lowest BCUT2D eigenvalue weighted by Crippen LogP contribution is -2.24. The third-order valence-corrected chi connectivity index (χ3v) is 2.84. The maximum Gasteiger partial charge on any atom is 0.0447 e. The number of nitrogens with zero attached hydrogens (tertiary/aromatic N) is 1. The van der Waals surface area contributed by atoms with E-state index < -0.39 is 0 Å². The van der Waals surface area contributed by atoms with Crippen LogP contribution >= 0.6 is 0 Å². The van der Waals surface area contributed by atoms with E-state index in [-0.39, 0.29) is 6.61 Å².